The summed E-state index contributed by atoms with van der Waals surface area (Å²) in [6.45, 7) is 6.09. The molecule has 2 saturated heterocycles. The Balaban J connectivity index is 1.38. The zero-order valence-electron chi connectivity index (χ0n) is 16.6. The third kappa shape index (κ3) is 4.06. The number of anilines is 2. The highest BCUT2D eigenvalue weighted by atomic mass is 16.5. The van der Waals surface area contributed by atoms with Gasteiger partial charge < -0.3 is 24.1 Å². The molecule has 0 spiro atoms. The van der Waals surface area contributed by atoms with Crippen LogP contribution in [-0.2, 0) is 9.47 Å². The van der Waals surface area contributed by atoms with Crippen LogP contribution in [0.3, 0.4) is 0 Å². The first-order valence-corrected chi connectivity index (χ1v) is 10.5. The second kappa shape index (κ2) is 8.39. The van der Waals surface area contributed by atoms with Gasteiger partial charge in [0.05, 0.1) is 18.9 Å². The summed E-state index contributed by atoms with van der Waals surface area (Å²) >= 11 is 0. The fraction of sp³-hybridized carbons (Fsp3) is 0.455. The van der Waals surface area contributed by atoms with Crippen molar-refractivity contribution in [2.75, 3.05) is 56.3 Å². The van der Waals surface area contributed by atoms with E-state index < -0.39 is 0 Å². The zero-order chi connectivity index (χ0) is 19.5. The first kappa shape index (κ1) is 18.4. The fourth-order valence-corrected chi connectivity index (χ4v) is 4.05. The van der Waals surface area contributed by atoms with E-state index in [0.29, 0.717) is 5.92 Å². The maximum absolute atomic E-state index is 5.47. The molecule has 2 aliphatic heterocycles. The average Bonchev–Trinajstić information content (AvgIpc) is 3.28. The van der Waals surface area contributed by atoms with Crippen molar-refractivity contribution in [3.05, 3.63) is 42.9 Å². The number of ether oxygens (including phenoxy) is 2. The molecule has 5 rings (SSSR count). The third-order valence-corrected chi connectivity index (χ3v) is 5.81. The molecule has 2 aromatic heterocycles. The third-order valence-electron chi connectivity index (χ3n) is 5.81. The quantitative estimate of drug-likeness (QED) is 0.719. The van der Waals surface area contributed by atoms with Gasteiger partial charge in [-0.1, -0.05) is 12.1 Å². The van der Waals surface area contributed by atoms with Crippen LogP contribution in [0.2, 0.25) is 0 Å². The summed E-state index contributed by atoms with van der Waals surface area (Å²) in [5, 5.41) is 3.54. The van der Waals surface area contributed by atoms with E-state index in [9.17, 15) is 0 Å². The lowest BCUT2D eigenvalue weighted by atomic mass is 10.0. The normalized spacial score (nSPS) is 18.3. The summed E-state index contributed by atoms with van der Waals surface area (Å²) in [5.74, 6) is 1.47. The van der Waals surface area contributed by atoms with Crippen molar-refractivity contribution in [3.63, 3.8) is 0 Å². The number of rotatable bonds is 5. The summed E-state index contributed by atoms with van der Waals surface area (Å²) in [7, 11) is 0. The summed E-state index contributed by atoms with van der Waals surface area (Å²) < 4.78 is 13.0. The van der Waals surface area contributed by atoms with Crippen LogP contribution in [0.4, 0.5) is 11.5 Å². The Bertz CT molecular complexity index is 943. The lowest BCUT2D eigenvalue weighted by Crippen LogP contribution is -2.36. The molecule has 0 bridgehead atoms. The molecule has 0 aliphatic carbocycles. The number of imidazole rings is 1. The Morgan fingerprint density at radius 1 is 1.00 bits per heavy atom. The van der Waals surface area contributed by atoms with Crippen molar-refractivity contribution in [1.82, 2.24) is 14.4 Å². The van der Waals surface area contributed by atoms with Gasteiger partial charge in [0.15, 0.2) is 11.5 Å². The van der Waals surface area contributed by atoms with Crippen molar-refractivity contribution >= 4 is 17.2 Å². The number of nitrogens with zero attached hydrogens (tertiary/aromatic N) is 4. The van der Waals surface area contributed by atoms with E-state index in [1.165, 1.54) is 5.69 Å². The minimum atomic E-state index is 0.622. The molecular weight excluding hydrogens is 366 g/mol. The predicted molar refractivity (Wildman–Crippen MR) is 113 cm³/mol. The molecule has 2 fully saturated rings. The smallest absolute Gasteiger partial charge is 0.180 e. The minimum absolute atomic E-state index is 0.622. The van der Waals surface area contributed by atoms with Gasteiger partial charge in [0.2, 0.25) is 0 Å². The first-order valence-electron chi connectivity index (χ1n) is 10.5. The van der Waals surface area contributed by atoms with Crippen LogP contribution >= 0.6 is 0 Å². The number of morpholine rings is 1. The highest BCUT2D eigenvalue weighted by Gasteiger charge is 2.16. The van der Waals surface area contributed by atoms with Crippen molar-refractivity contribution in [2.45, 2.75) is 12.8 Å². The molecule has 152 valence electrons. The Hall–Kier alpha value is -2.64. The van der Waals surface area contributed by atoms with Gasteiger partial charge in [0.1, 0.15) is 0 Å². The van der Waals surface area contributed by atoms with Gasteiger partial charge in [0, 0.05) is 62.7 Å². The Kier molecular flexibility index (Phi) is 5.32. The zero-order valence-corrected chi connectivity index (χ0v) is 16.6. The molecule has 4 heterocycles. The van der Waals surface area contributed by atoms with E-state index in [-0.39, 0.29) is 0 Å². The molecule has 0 amide bonds. The maximum Gasteiger partial charge on any atom is 0.180 e. The van der Waals surface area contributed by atoms with Gasteiger partial charge in [-0.2, -0.15) is 0 Å². The van der Waals surface area contributed by atoms with E-state index in [2.05, 4.69) is 39.5 Å². The summed E-state index contributed by atoms with van der Waals surface area (Å²) in [6.07, 6.45) is 8.04. The number of benzene rings is 1. The number of nitrogens with one attached hydrogen (secondary N) is 1. The molecule has 7 nitrogen and oxygen atoms in total. The molecule has 1 aromatic carbocycles. The summed E-state index contributed by atoms with van der Waals surface area (Å²) in [4.78, 5) is 11.8. The van der Waals surface area contributed by atoms with Crippen molar-refractivity contribution in [3.8, 4) is 11.3 Å². The highest BCUT2D eigenvalue weighted by Crippen LogP contribution is 2.26. The number of aromatic nitrogens is 3. The molecule has 7 heteroatoms. The molecule has 29 heavy (non-hydrogen) atoms. The summed E-state index contributed by atoms with van der Waals surface area (Å²) in [6, 6.07) is 8.65. The predicted octanol–water partition coefficient (Wildman–Crippen LogP) is 3.07. The monoisotopic (exact) mass is 393 g/mol. The molecular formula is C22H27N5O2. The largest absolute Gasteiger partial charge is 0.381 e. The number of hydrogen-bond donors (Lipinski definition) is 1. The average molecular weight is 393 g/mol. The van der Waals surface area contributed by atoms with E-state index in [1.807, 2.05) is 23.0 Å². The Morgan fingerprint density at radius 3 is 2.55 bits per heavy atom. The summed E-state index contributed by atoms with van der Waals surface area (Å²) in [5.41, 5.74) is 4.15. The highest BCUT2D eigenvalue weighted by molar-refractivity contribution is 5.70. The first-order chi connectivity index (χ1) is 14.4. The standard InChI is InChI=1S/C22H27N5O2/c1-3-19(26-9-13-29-14-10-26)4-2-18(1)20-16-27-8-7-23-22(27)21(25-20)24-15-17-5-11-28-12-6-17/h1-4,7-8,16-17H,5-6,9-15H2,(H,24,25). The molecule has 0 radical (unpaired) electrons. The van der Waals surface area contributed by atoms with Crippen LogP contribution < -0.4 is 10.2 Å². The number of hydrogen-bond acceptors (Lipinski definition) is 6. The van der Waals surface area contributed by atoms with Gasteiger partial charge in [0.25, 0.3) is 0 Å². The van der Waals surface area contributed by atoms with E-state index in [1.54, 1.807) is 0 Å². The van der Waals surface area contributed by atoms with Crippen LogP contribution in [0, 0.1) is 5.92 Å². The maximum atomic E-state index is 5.47. The Morgan fingerprint density at radius 2 is 1.76 bits per heavy atom. The number of fused-ring (bicyclic) bond motifs is 1. The molecule has 2 aliphatic rings. The van der Waals surface area contributed by atoms with Gasteiger partial charge in [-0.15, -0.1) is 0 Å². The van der Waals surface area contributed by atoms with Gasteiger partial charge in [-0.25, -0.2) is 9.97 Å². The lowest BCUT2D eigenvalue weighted by Gasteiger charge is -2.28. The van der Waals surface area contributed by atoms with Gasteiger partial charge in [-0.3, -0.25) is 0 Å². The van der Waals surface area contributed by atoms with Crippen LogP contribution in [0.25, 0.3) is 16.9 Å². The molecule has 1 N–H and O–H groups in total. The van der Waals surface area contributed by atoms with Crippen LogP contribution in [0.1, 0.15) is 12.8 Å². The second-order valence-corrected chi connectivity index (χ2v) is 7.72. The molecule has 0 atom stereocenters. The van der Waals surface area contributed by atoms with Crippen LogP contribution in [-0.4, -0.2) is 60.4 Å². The molecule has 0 unspecified atom stereocenters. The lowest BCUT2D eigenvalue weighted by molar-refractivity contribution is 0.0699. The fourth-order valence-electron chi connectivity index (χ4n) is 4.05. The minimum Gasteiger partial charge on any atom is -0.381 e. The van der Waals surface area contributed by atoms with Gasteiger partial charge >= 0.3 is 0 Å². The van der Waals surface area contributed by atoms with Crippen molar-refractivity contribution < 1.29 is 9.47 Å². The Labute approximate surface area is 170 Å². The van der Waals surface area contributed by atoms with Crippen LogP contribution in [0.15, 0.2) is 42.9 Å². The van der Waals surface area contributed by atoms with E-state index >= 15 is 0 Å². The van der Waals surface area contributed by atoms with Gasteiger partial charge in [-0.05, 0) is 30.9 Å². The molecule has 0 saturated carbocycles. The molecule has 3 aromatic rings. The van der Waals surface area contributed by atoms with E-state index in [4.69, 9.17) is 14.5 Å². The van der Waals surface area contributed by atoms with Crippen LogP contribution in [0.5, 0.6) is 0 Å². The van der Waals surface area contributed by atoms with Crippen molar-refractivity contribution in [1.29, 1.82) is 0 Å². The van der Waals surface area contributed by atoms with E-state index in [0.717, 1.165) is 81.6 Å². The second-order valence-electron chi connectivity index (χ2n) is 7.72. The SMILES string of the molecule is c1cn2cc(-c3ccc(N4CCOCC4)cc3)nc(NCC3CCOCC3)c2n1. The van der Waals surface area contributed by atoms with Crippen molar-refractivity contribution in [2.24, 2.45) is 5.92 Å². The topological polar surface area (TPSA) is 63.9 Å².